The van der Waals surface area contributed by atoms with Crippen molar-refractivity contribution < 1.29 is 15.0 Å². The molecule has 0 radical (unpaired) electrons. The van der Waals surface area contributed by atoms with Crippen LogP contribution >= 0.6 is 0 Å². The molecule has 0 aromatic carbocycles. The molecule has 0 saturated carbocycles. The molecule has 8 heteroatoms. The minimum absolute atomic E-state index is 0.0599. The molecular weight excluding hydrogens is 214 g/mol. The second-order valence-corrected chi connectivity index (χ2v) is 3.11. The first-order valence-corrected chi connectivity index (χ1v) is 4.85. The van der Waals surface area contributed by atoms with Crippen molar-refractivity contribution in [3.05, 3.63) is 6.33 Å². The number of hydrogen-bond donors (Lipinski definition) is 4. The fourth-order valence-corrected chi connectivity index (χ4v) is 1.19. The Morgan fingerprint density at radius 3 is 2.62 bits per heavy atom. The molecular formula is C8H15N5O3. The standard InChI is InChI=1S/C8H15N5O3/c14-3-1-13(2-4-15)5-7(16)11-8-9-6-10-12-8/h6,14-15H,1-5H2,(H2,9,10,11,12,16). The Bertz CT molecular complexity index is 297. The lowest BCUT2D eigenvalue weighted by molar-refractivity contribution is -0.117. The highest BCUT2D eigenvalue weighted by atomic mass is 16.3. The molecule has 16 heavy (non-hydrogen) atoms. The van der Waals surface area contributed by atoms with Crippen molar-refractivity contribution in [1.29, 1.82) is 0 Å². The summed E-state index contributed by atoms with van der Waals surface area (Å²) >= 11 is 0. The van der Waals surface area contributed by atoms with Crippen LogP contribution in [0.5, 0.6) is 0 Å². The number of aliphatic hydroxyl groups excluding tert-OH is 2. The summed E-state index contributed by atoms with van der Waals surface area (Å²) in [6, 6.07) is 0. The molecule has 1 rings (SSSR count). The minimum Gasteiger partial charge on any atom is -0.395 e. The third kappa shape index (κ3) is 4.34. The number of hydrogen-bond acceptors (Lipinski definition) is 6. The average Bonchev–Trinajstić information content (AvgIpc) is 2.71. The van der Waals surface area contributed by atoms with Crippen molar-refractivity contribution in [2.75, 3.05) is 38.2 Å². The summed E-state index contributed by atoms with van der Waals surface area (Å²) in [6.45, 7) is 0.641. The Labute approximate surface area is 92.3 Å². The summed E-state index contributed by atoms with van der Waals surface area (Å²) in [7, 11) is 0. The maximum atomic E-state index is 11.5. The van der Waals surface area contributed by atoms with Crippen LogP contribution in [-0.4, -0.2) is 69.0 Å². The molecule has 1 heterocycles. The van der Waals surface area contributed by atoms with E-state index in [1.165, 1.54) is 6.33 Å². The molecule has 8 nitrogen and oxygen atoms in total. The van der Waals surface area contributed by atoms with E-state index < -0.39 is 0 Å². The highest BCUT2D eigenvalue weighted by Crippen LogP contribution is 1.94. The van der Waals surface area contributed by atoms with Crippen LogP contribution in [0.15, 0.2) is 6.33 Å². The van der Waals surface area contributed by atoms with Crippen LogP contribution in [0.1, 0.15) is 0 Å². The van der Waals surface area contributed by atoms with E-state index in [1.807, 2.05) is 0 Å². The number of rotatable bonds is 7. The molecule has 0 aliphatic heterocycles. The van der Waals surface area contributed by atoms with Gasteiger partial charge in [-0.25, -0.2) is 5.10 Å². The maximum Gasteiger partial charge on any atom is 0.240 e. The fourth-order valence-electron chi connectivity index (χ4n) is 1.19. The molecule has 0 spiro atoms. The Morgan fingerprint density at radius 1 is 1.44 bits per heavy atom. The molecule has 4 N–H and O–H groups in total. The molecule has 0 bridgehead atoms. The number of amides is 1. The van der Waals surface area contributed by atoms with Crippen molar-refractivity contribution in [3.8, 4) is 0 Å². The zero-order chi connectivity index (χ0) is 11.8. The number of H-pyrrole nitrogens is 1. The third-order valence-corrected chi connectivity index (χ3v) is 1.87. The van der Waals surface area contributed by atoms with Gasteiger partial charge in [0.2, 0.25) is 11.9 Å². The lowest BCUT2D eigenvalue weighted by Gasteiger charge is -2.18. The number of aromatic amines is 1. The van der Waals surface area contributed by atoms with Gasteiger partial charge in [0.15, 0.2) is 0 Å². The quantitative estimate of drug-likeness (QED) is 0.431. The zero-order valence-corrected chi connectivity index (χ0v) is 8.76. The highest BCUT2D eigenvalue weighted by Gasteiger charge is 2.10. The van der Waals surface area contributed by atoms with Crippen LogP contribution < -0.4 is 5.32 Å². The molecule has 0 aliphatic carbocycles. The summed E-state index contributed by atoms with van der Waals surface area (Å²) in [5, 5.41) is 26.1. The molecule has 0 saturated heterocycles. The van der Waals surface area contributed by atoms with Gasteiger partial charge >= 0.3 is 0 Å². The number of nitrogens with one attached hydrogen (secondary N) is 2. The van der Waals surface area contributed by atoms with E-state index in [0.717, 1.165) is 0 Å². The topological polar surface area (TPSA) is 114 Å². The Kier molecular flexibility index (Phi) is 5.40. The smallest absolute Gasteiger partial charge is 0.240 e. The second-order valence-electron chi connectivity index (χ2n) is 3.11. The van der Waals surface area contributed by atoms with Gasteiger partial charge in [-0.3, -0.25) is 15.0 Å². The van der Waals surface area contributed by atoms with E-state index in [4.69, 9.17) is 10.2 Å². The van der Waals surface area contributed by atoms with Gasteiger partial charge in [0.05, 0.1) is 19.8 Å². The van der Waals surface area contributed by atoms with E-state index in [-0.39, 0.29) is 31.6 Å². The monoisotopic (exact) mass is 229 g/mol. The molecule has 1 aromatic heterocycles. The van der Waals surface area contributed by atoms with Crippen LogP contribution in [0, 0.1) is 0 Å². The SMILES string of the molecule is O=C(CN(CCO)CCO)Nc1ncn[nH]1. The first-order chi connectivity index (χ1) is 7.76. The van der Waals surface area contributed by atoms with Crippen molar-refractivity contribution in [2.45, 2.75) is 0 Å². The van der Waals surface area contributed by atoms with Crippen LogP contribution in [0.4, 0.5) is 5.95 Å². The predicted molar refractivity (Wildman–Crippen MR) is 55.6 cm³/mol. The largest absolute Gasteiger partial charge is 0.395 e. The molecule has 1 amide bonds. The van der Waals surface area contributed by atoms with Gasteiger partial charge < -0.3 is 10.2 Å². The Balaban J connectivity index is 2.35. The van der Waals surface area contributed by atoms with Crippen molar-refractivity contribution in [1.82, 2.24) is 20.1 Å². The van der Waals surface area contributed by atoms with Crippen LogP contribution in [0.3, 0.4) is 0 Å². The van der Waals surface area contributed by atoms with Gasteiger partial charge in [0, 0.05) is 13.1 Å². The summed E-state index contributed by atoms with van der Waals surface area (Å²) in [5.41, 5.74) is 0. The summed E-state index contributed by atoms with van der Waals surface area (Å²) in [6.07, 6.45) is 1.29. The molecule has 1 aromatic rings. The lowest BCUT2D eigenvalue weighted by Crippen LogP contribution is -2.37. The van der Waals surface area contributed by atoms with Gasteiger partial charge in [-0.05, 0) is 0 Å². The molecule has 0 unspecified atom stereocenters. The molecule has 90 valence electrons. The van der Waals surface area contributed by atoms with Crippen LogP contribution in [0.2, 0.25) is 0 Å². The normalized spacial score (nSPS) is 10.7. The van der Waals surface area contributed by atoms with Crippen molar-refractivity contribution >= 4 is 11.9 Å². The van der Waals surface area contributed by atoms with Gasteiger partial charge in [-0.1, -0.05) is 0 Å². The van der Waals surface area contributed by atoms with E-state index in [1.54, 1.807) is 4.90 Å². The number of carbonyl (C=O) groups excluding carboxylic acids is 1. The second kappa shape index (κ2) is 6.88. The first-order valence-electron chi connectivity index (χ1n) is 4.85. The van der Waals surface area contributed by atoms with Crippen molar-refractivity contribution in [2.24, 2.45) is 0 Å². The molecule has 0 fully saturated rings. The number of aromatic nitrogens is 3. The third-order valence-electron chi connectivity index (χ3n) is 1.87. The number of carbonyl (C=O) groups is 1. The number of aliphatic hydroxyl groups is 2. The summed E-state index contributed by atoms with van der Waals surface area (Å²) in [4.78, 5) is 16.8. The zero-order valence-electron chi connectivity index (χ0n) is 8.76. The average molecular weight is 229 g/mol. The minimum atomic E-state index is -0.279. The number of anilines is 1. The van der Waals surface area contributed by atoms with E-state index in [9.17, 15) is 4.79 Å². The van der Waals surface area contributed by atoms with Crippen molar-refractivity contribution in [3.63, 3.8) is 0 Å². The van der Waals surface area contributed by atoms with Crippen LogP contribution in [-0.2, 0) is 4.79 Å². The van der Waals surface area contributed by atoms with Gasteiger partial charge in [-0.15, -0.1) is 0 Å². The Morgan fingerprint density at radius 2 is 2.12 bits per heavy atom. The predicted octanol–water partition coefficient (Wildman–Crippen LogP) is -1.97. The first kappa shape index (κ1) is 12.6. The fraction of sp³-hybridized carbons (Fsp3) is 0.625. The summed E-state index contributed by atoms with van der Waals surface area (Å²) < 4.78 is 0. The van der Waals surface area contributed by atoms with E-state index in [2.05, 4.69) is 20.5 Å². The maximum absolute atomic E-state index is 11.5. The molecule has 0 aliphatic rings. The van der Waals surface area contributed by atoms with Gasteiger partial charge in [-0.2, -0.15) is 10.1 Å². The summed E-state index contributed by atoms with van der Waals surface area (Å²) in [5.74, 6) is -0.00315. The lowest BCUT2D eigenvalue weighted by atomic mass is 10.4. The Hall–Kier alpha value is -1.51. The van der Waals surface area contributed by atoms with Crippen LogP contribution in [0.25, 0.3) is 0 Å². The van der Waals surface area contributed by atoms with Gasteiger partial charge in [0.25, 0.3) is 0 Å². The van der Waals surface area contributed by atoms with E-state index >= 15 is 0 Å². The van der Waals surface area contributed by atoms with Gasteiger partial charge in [0.1, 0.15) is 6.33 Å². The molecule has 0 atom stereocenters. The number of nitrogens with zero attached hydrogens (tertiary/aromatic N) is 3. The highest BCUT2D eigenvalue weighted by molar-refractivity contribution is 5.90. The van der Waals surface area contributed by atoms with E-state index in [0.29, 0.717) is 13.1 Å².